The number of aliphatic carboxylic acids is 1. The molecule has 0 saturated carbocycles. The first-order valence-corrected chi connectivity index (χ1v) is 7.82. The molecule has 1 atom stereocenters. The maximum atomic E-state index is 12.0. The summed E-state index contributed by atoms with van der Waals surface area (Å²) in [6, 6.07) is 9.84. The van der Waals surface area contributed by atoms with Crippen LogP contribution in [-0.2, 0) is 25.7 Å². The molecule has 126 valence electrons. The molecule has 6 nitrogen and oxygen atoms in total. The second-order valence-electron chi connectivity index (χ2n) is 5.84. The summed E-state index contributed by atoms with van der Waals surface area (Å²) in [5, 5.41) is 11.8. The normalized spacial score (nSPS) is 20.3. The fourth-order valence-electron chi connectivity index (χ4n) is 2.64. The lowest BCUT2D eigenvalue weighted by Gasteiger charge is -2.27. The number of benzene rings is 1. The molecule has 1 aromatic rings. The van der Waals surface area contributed by atoms with Gasteiger partial charge in [-0.1, -0.05) is 30.3 Å². The lowest BCUT2D eigenvalue weighted by atomic mass is 9.94. The zero-order chi connectivity index (χ0) is 16.5. The molecule has 1 unspecified atom stereocenters. The molecular formula is C17H23NO5. The molecule has 0 radical (unpaired) electrons. The molecule has 1 aliphatic rings. The number of amides is 1. The van der Waals surface area contributed by atoms with Crippen LogP contribution in [0.15, 0.2) is 30.3 Å². The fourth-order valence-corrected chi connectivity index (χ4v) is 2.64. The van der Waals surface area contributed by atoms with Crippen molar-refractivity contribution in [1.29, 1.82) is 0 Å². The van der Waals surface area contributed by atoms with Gasteiger partial charge in [-0.15, -0.1) is 0 Å². The topological polar surface area (TPSA) is 84.9 Å². The second-order valence-corrected chi connectivity index (χ2v) is 5.84. The molecule has 2 N–H and O–H groups in total. The van der Waals surface area contributed by atoms with E-state index < -0.39 is 11.5 Å². The molecule has 23 heavy (non-hydrogen) atoms. The van der Waals surface area contributed by atoms with Crippen LogP contribution in [0.25, 0.3) is 0 Å². The molecule has 0 aromatic heterocycles. The summed E-state index contributed by atoms with van der Waals surface area (Å²) in [6.45, 7) is 1.76. The predicted molar refractivity (Wildman–Crippen MR) is 83.9 cm³/mol. The van der Waals surface area contributed by atoms with Crippen molar-refractivity contribution in [3.8, 4) is 0 Å². The summed E-state index contributed by atoms with van der Waals surface area (Å²) in [5.74, 6) is -1.08. The highest BCUT2D eigenvalue weighted by Crippen LogP contribution is 2.23. The highest BCUT2D eigenvalue weighted by Gasteiger charge is 2.38. The van der Waals surface area contributed by atoms with Crippen LogP contribution in [0.3, 0.4) is 0 Å². The average molecular weight is 321 g/mol. The first-order chi connectivity index (χ1) is 11.1. The van der Waals surface area contributed by atoms with Crippen molar-refractivity contribution in [2.24, 2.45) is 0 Å². The smallest absolute Gasteiger partial charge is 0.305 e. The maximum absolute atomic E-state index is 12.0. The van der Waals surface area contributed by atoms with E-state index in [-0.39, 0.29) is 18.9 Å². The third-order valence-corrected chi connectivity index (χ3v) is 3.80. The number of ether oxygens (including phenoxy) is 2. The van der Waals surface area contributed by atoms with Gasteiger partial charge < -0.3 is 19.9 Å². The van der Waals surface area contributed by atoms with Crippen LogP contribution in [0.4, 0.5) is 0 Å². The van der Waals surface area contributed by atoms with E-state index >= 15 is 0 Å². The van der Waals surface area contributed by atoms with Gasteiger partial charge in [0.1, 0.15) is 0 Å². The Hall–Kier alpha value is -1.92. The molecule has 1 saturated heterocycles. The van der Waals surface area contributed by atoms with Crippen LogP contribution < -0.4 is 5.32 Å². The van der Waals surface area contributed by atoms with Crippen molar-refractivity contribution in [3.63, 3.8) is 0 Å². The van der Waals surface area contributed by atoms with E-state index in [0.29, 0.717) is 39.1 Å². The van der Waals surface area contributed by atoms with E-state index in [1.54, 1.807) is 0 Å². The number of carbonyl (C=O) groups is 2. The molecule has 0 spiro atoms. The molecule has 0 aliphatic carbocycles. The summed E-state index contributed by atoms with van der Waals surface area (Å²) in [4.78, 5) is 23.0. The Balaban J connectivity index is 1.65. The van der Waals surface area contributed by atoms with Crippen molar-refractivity contribution < 1.29 is 24.2 Å². The van der Waals surface area contributed by atoms with E-state index in [2.05, 4.69) is 5.32 Å². The van der Waals surface area contributed by atoms with Gasteiger partial charge in [0.05, 0.1) is 25.2 Å². The minimum atomic E-state index is -0.929. The molecule has 1 heterocycles. The molecular weight excluding hydrogens is 298 g/mol. The highest BCUT2D eigenvalue weighted by atomic mass is 16.5. The van der Waals surface area contributed by atoms with Gasteiger partial charge in [0.25, 0.3) is 0 Å². The number of hydrogen-bond acceptors (Lipinski definition) is 4. The number of carbonyl (C=O) groups excluding carboxylic acids is 1. The Bertz CT molecular complexity index is 511. The van der Waals surface area contributed by atoms with Crippen LogP contribution in [0, 0.1) is 0 Å². The van der Waals surface area contributed by atoms with Gasteiger partial charge in [-0.2, -0.15) is 0 Å². The van der Waals surface area contributed by atoms with Crippen LogP contribution in [-0.4, -0.2) is 42.3 Å². The first-order valence-electron chi connectivity index (χ1n) is 7.82. The van der Waals surface area contributed by atoms with E-state index in [1.807, 2.05) is 30.3 Å². The maximum Gasteiger partial charge on any atom is 0.305 e. The van der Waals surface area contributed by atoms with E-state index in [9.17, 15) is 9.59 Å². The van der Waals surface area contributed by atoms with E-state index in [1.165, 1.54) is 0 Å². The largest absolute Gasteiger partial charge is 0.481 e. The molecule has 6 heteroatoms. The van der Waals surface area contributed by atoms with Crippen LogP contribution in [0.5, 0.6) is 0 Å². The fraction of sp³-hybridized carbons (Fsp3) is 0.529. The van der Waals surface area contributed by atoms with Gasteiger partial charge >= 0.3 is 5.97 Å². The van der Waals surface area contributed by atoms with Crippen molar-refractivity contribution >= 4 is 11.9 Å². The first kappa shape index (κ1) is 17.4. The Kier molecular flexibility index (Phi) is 6.55. The minimum Gasteiger partial charge on any atom is -0.481 e. The summed E-state index contributed by atoms with van der Waals surface area (Å²) in [7, 11) is 0. The summed E-state index contributed by atoms with van der Waals surface area (Å²) >= 11 is 0. The van der Waals surface area contributed by atoms with E-state index in [4.69, 9.17) is 14.6 Å². The zero-order valence-corrected chi connectivity index (χ0v) is 13.1. The van der Waals surface area contributed by atoms with Crippen LogP contribution in [0.2, 0.25) is 0 Å². The third kappa shape index (κ3) is 6.00. The molecule has 1 fully saturated rings. The standard InChI is InChI=1S/C17H23NO5/c19-15(18-17(11-16(20)21)8-10-23-13-17)7-4-9-22-12-14-5-2-1-3-6-14/h1-3,5-6H,4,7-13H2,(H,18,19)(H,20,21). The van der Waals surface area contributed by atoms with E-state index in [0.717, 1.165) is 5.56 Å². The molecule has 2 rings (SSSR count). The van der Waals surface area contributed by atoms with Gasteiger partial charge in [-0.05, 0) is 18.4 Å². The molecule has 1 amide bonds. The average Bonchev–Trinajstić information content (AvgIpc) is 2.95. The number of rotatable bonds is 9. The molecule has 0 bridgehead atoms. The lowest BCUT2D eigenvalue weighted by molar-refractivity contribution is -0.139. The van der Waals surface area contributed by atoms with Crippen LogP contribution >= 0.6 is 0 Å². The summed E-state index contributed by atoms with van der Waals surface area (Å²) in [6.07, 6.45) is 1.34. The zero-order valence-electron chi connectivity index (χ0n) is 13.1. The Labute approximate surface area is 135 Å². The van der Waals surface area contributed by atoms with Crippen molar-refractivity contribution in [3.05, 3.63) is 35.9 Å². The Morgan fingerprint density at radius 1 is 1.30 bits per heavy atom. The number of carboxylic acid groups (broad SMARTS) is 1. The summed E-state index contributed by atoms with van der Waals surface area (Å²) < 4.78 is 10.8. The minimum absolute atomic E-state index is 0.108. The van der Waals surface area contributed by atoms with Gasteiger partial charge in [0.15, 0.2) is 0 Å². The second kappa shape index (κ2) is 8.64. The SMILES string of the molecule is O=C(O)CC1(NC(=O)CCCOCc2ccccc2)CCOC1. The van der Waals surface area contributed by atoms with Crippen molar-refractivity contribution in [2.75, 3.05) is 19.8 Å². The number of carboxylic acids is 1. The highest BCUT2D eigenvalue weighted by molar-refractivity contribution is 5.78. The van der Waals surface area contributed by atoms with Crippen LogP contribution in [0.1, 0.15) is 31.2 Å². The quantitative estimate of drug-likeness (QED) is 0.677. The molecule has 1 aromatic carbocycles. The third-order valence-electron chi connectivity index (χ3n) is 3.80. The number of hydrogen-bond donors (Lipinski definition) is 2. The van der Waals surface area contributed by atoms with Gasteiger partial charge in [0, 0.05) is 19.6 Å². The Morgan fingerprint density at radius 3 is 2.74 bits per heavy atom. The van der Waals surface area contributed by atoms with Gasteiger partial charge in [0.2, 0.25) is 5.91 Å². The van der Waals surface area contributed by atoms with Gasteiger partial charge in [-0.25, -0.2) is 0 Å². The predicted octanol–water partition coefficient (Wildman–Crippen LogP) is 1.73. The van der Waals surface area contributed by atoms with Crippen molar-refractivity contribution in [1.82, 2.24) is 5.32 Å². The van der Waals surface area contributed by atoms with Gasteiger partial charge in [-0.3, -0.25) is 9.59 Å². The lowest BCUT2D eigenvalue weighted by Crippen LogP contribution is -2.50. The number of nitrogens with one attached hydrogen (secondary N) is 1. The monoisotopic (exact) mass is 321 g/mol. The molecule has 1 aliphatic heterocycles. The Morgan fingerprint density at radius 2 is 2.09 bits per heavy atom. The summed E-state index contributed by atoms with van der Waals surface area (Å²) in [5.41, 5.74) is 0.342. The van der Waals surface area contributed by atoms with Crippen molar-refractivity contribution in [2.45, 2.75) is 37.8 Å².